The predicted octanol–water partition coefficient (Wildman–Crippen LogP) is 6.02. The first-order valence-electron chi connectivity index (χ1n) is 9.28. The van der Waals surface area contributed by atoms with Crippen molar-refractivity contribution < 1.29 is 19.8 Å². The topological polar surface area (TPSA) is 81.1 Å². The molecule has 3 aromatic carbocycles. The van der Waals surface area contributed by atoms with E-state index in [0.29, 0.717) is 11.4 Å². The van der Waals surface area contributed by atoms with Crippen molar-refractivity contribution in [1.82, 2.24) is 0 Å². The summed E-state index contributed by atoms with van der Waals surface area (Å²) in [4.78, 5) is 29.4. The number of halogens is 4. The smallest absolute Gasteiger partial charge is 0.258 e. The van der Waals surface area contributed by atoms with E-state index in [1.165, 1.54) is 34.1 Å². The number of hydrogen-bond donors (Lipinski definition) is 2. The maximum Gasteiger partial charge on any atom is 0.258 e. The van der Waals surface area contributed by atoms with Crippen LogP contribution in [-0.4, -0.2) is 35.1 Å². The lowest BCUT2D eigenvalue weighted by Crippen LogP contribution is -2.46. The van der Waals surface area contributed by atoms with Crippen LogP contribution in [0.5, 0.6) is 11.5 Å². The van der Waals surface area contributed by atoms with Gasteiger partial charge in [-0.25, -0.2) is 0 Å². The number of phenolic OH excluding ortho intramolecular Hbond substituents is 2. The lowest BCUT2D eigenvalue weighted by molar-refractivity contribution is 0.0962. The van der Waals surface area contributed by atoms with Crippen LogP contribution in [0, 0.1) is 0 Å². The fourth-order valence-electron chi connectivity index (χ4n) is 3.47. The molecule has 0 unspecified atom stereocenters. The van der Waals surface area contributed by atoms with E-state index in [1.54, 1.807) is 24.3 Å². The molecule has 1 heterocycles. The molecule has 1 aliphatic rings. The van der Waals surface area contributed by atoms with Gasteiger partial charge >= 0.3 is 0 Å². The Kier molecular flexibility index (Phi) is 6.14. The van der Waals surface area contributed by atoms with Gasteiger partial charge in [-0.05, 0) is 36.4 Å². The standard InChI is InChI=1S/C22H14Cl4N2O4/c23-13-7-11(8-14(24)19(13)29)21(31)27-5-6-28(18-4-2-1-3-17(18)27)22(32)12-9-15(25)20(30)16(26)10-12/h1-4,7-10,29-30H,5-6H2. The summed E-state index contributed by atoms with van der Waals surface area (Å²) >= 11 is 23.9. The van der Waals surface area contributed by atoms with E-state index in [1.807, 2.05) is 0 Å². The molecule has 3 aromatic rings. The van der Waals surface area contributed by atoms with Crippen LogP contribution >= 0.6 is 46.4 Å². The molecule has 2 N–H and O–H groups in total. The van der Waals surface area contributed by atoms with E-state index in [0.717, 1.165) is 0 Å². The van der Waals surface area contributed by atoms with Gasteiger partial charge in [-0.1, -0.05) is 58.5 Å². The molecular weight excluding hydrogens is 498 g/mol. The van der Waals surface area contributed by atoms with Crippen molar-refractivity contribution >= 4 is 69.6 Å². The highest BCUT2D eigenvalue weighted by Crippen LogP contribution is 2.38. The Labute approximate surface area is 203 Å². The second kappa shape index (κ2) is 8.71. The summed E-state index contributed by atoms with van der Waals surface area (Å²) < 4.78 is 0. The summed E-state index contributed by atoms with van der Waals surface area (Å²) in [6.45, 7) is 0.383. The number of para-hydroxylation sites is 2. The van der Waals surface area contributed by atoms with E-state index in [9.17, 15) is 19.8 Å². The van der Waals surface area contributed by atoms with E-state index < -0.39 is 0 Å². The van der Waals surface area contributed by atoms with Crippen LogP contribution < -0.4 is 9.80 Å². The number of benzene rings is 3. The van der Waals surface area contributed by atoms with Crippen molar-refractivity contribution in [1.29, 1.82) is 0 Å². The zero-order chi connectivity index (χ0) is 23.2. The Morgan fingerprint density at radius 2 is 0.969 bits per heavy atom. The third-order valence-electron chi connectivity index (χ3n) is 5.03. The minimum Gasteiger partial charge on any atom is -0.505 e. The summed E-state index contributed by atoms with van der Waals surface area (Å²) in [5.41, 5.74) is 1.41. The van der Waals surface area contributed by atoms with E-state index in [4.69, 9.17) is 46.4 Å². The highest BCUT2D eigenvalue weighted by atomic mass is 35.5. The third kappa shape index (κ3) is 3.95. The molecule has 0 bridgehead atoms. The van der Waals surface area contributed by atoms with E-state index >= 15 is 0 Å². The van der Waals surface area contributed by atoms with Gasteiger partial charge in [0, 0.05) is 24.2 Å². The first-order chi connectivity index (χ1) is 15.2. The SMILES string of the molecule is O=C(c1cc(Cl)c(O)c(Cl)c1)N1CCN(C(=O)c2cc(Cl)c(O)c(Cl)c2)c2ccccc21. The van der Waals surface area contributed by atoms with Gasteiger partial charge in [0.1, 0.15) is 0 Å². The number of aromatic hydroxyl groups is 2. The van der Waals surface area contributed by atoms with Gasteiger partial charge in [-0.3, -0.25) is 9.59 Å². The Bertz CT molecular complexity index is 1120. The van der Waals surface area contributed by atoms with Crippen molar-refractivity contribution in [2.45, 2.75) is 0 Å². The van der Waals surface area contributed by atoms with Crippen LogP contribution in [0.25, 0.3) is 0 Å². The number of nitrogens with zero attached hydrogens (tertiary/aromatic N) is 2. The fourth-order valence-corrected chi connectivity index (χ4v) is 4.45. The van der Waals surface area contributed by atoms with Crippen molar-refractivity contribution in [3.05, 3.63) is 79.7 Å². The third-order valence-corrected chi connectivity index (χ3v) is 6.18. The fraction of sp³-hybridized carbons (Fsp3) is 0.0909. The number of phenols is 2. The van der Waals surface area contributed by atoms with Crippen LogP contribution in [0.4, 0.5) is 11.4 Å². The molecule has 0 saturated carbocycles. The number of fused-ring (bicyclic) bond motifs is 1. The second-order valence-electron chi connectivity index (χ2n) is 6.98. The Hall–Kier alpha value is -2.64. The van der Waals surface area contributed by atoms with Gasteiger partial charge in [0.15, 0.2) is 11.5 Å². The largest absolute Gasteiger partial charge is 0.505 e. The van der Waals surface area contributed by atoms with Gasteiger partial charge in [0.2, 0.25) is 0 Å². The zero-order valence-corrected chi connectivity index (χ0v) is 19.2. The van der Waals surface area contributed by atoms with Gasteiger partial charge < -0.3 is 20.0 Å². The molecule has 6 nitrogen and oxygen atoms in total. The molecule has 164 valence electrons. The molecule has 0 fully saturated rings. The number of carbonyl (C=O) groups excluding carboxylic acids is 2. The molecular formula is C22H14Cl4N2O4. The highest BCUT2D eigenvalue weighted by Gasteiger charge is 2.31. The normalized spacial score (nSPS) is 13.1. The van der Waals surface area contributed by atoms with Crippen molar-refractivity contribution in [2.75, 3.05) is 22.9 Å². The molecule has 0 aromatic heterocycles. The maximum atomic E-state index is 13.2. The molecule has 10 heteroatoms. The Morgan fingerprint density at radius 1 is 0.656 bits per heavy atom. The summed E-state index contributed by atoms with van der Waals surface area (Å²) in [5.74, 6) is -1.37. The molecule has 0 atom stereocenters. The Balaban J connectivity index is 1.71. The summed E-state index contributed by atoms with van der Waals surface area (Å²) in [5, 5.41) is 19.4. The highest BCUT2D eigenvalue weighted by molar-refractivity contribution is 6.38. The molecule has 0 aliphatic carbocycles. The van der Waals surface area contributed by atoms with Gasteiger partial charge in [-0.2, -0.15) is 0 Å². The molecule has 1 aliphatic heterocycles. The maximum absolute atomic E-state index is 13.2. The van der Waals surface area contributed by atoms with Crippen molar-refractivity contribution in [3.63, 3.8) is 0 Å². The minimum absolute atomic E-state index is 0.0379. The number of carbonyl (C=O) groups is 2. The first kappa shape index (κ1) is 22.6. The van der Waals surface area contributed by atoms with Crippen molar-refractivity contribution in [2.24, 2.45) is 0 Å². The molecule has 0 radical (unpaired) electrons. The minimum atomic E-state index is -0.385. The van der Waals surface area contributed by atoms with Gasteiger partial charge in [0.05, 0.1) is 31.5 Å². The monoisotopic (exact) mass is 510 g/mol. The lowest BCUT2D eigenvalue weighted by Gasteiger charge is -2.36. The Morgan fingerprint density at radius 3 is 1.28 bits per heavy atom. The molecule has 0 saturated heterocycles. The van der Waals surface area contributed by atoms with Gasteiger partial charge in [-0.15, -0.1) is 0 Å². The number of anilines is 2. The average molecular weight is 512 g/mol. The van der Waals surface area contributed by atoms with Crippen LogP contribution in [0.1, 0.15) is 20.7 Å². The molecule has 0 spiro atoms. The van der Waals surface area contributed by atoms with Gasteiger partial charge in [0.25, 0.3) is 11.8 Å². The number of rotatable bonds is 2. The number of amides is 2. The lowest BCUT2D eigenvalue weighted by atomic mass is 10.1. The van der Waals surface area contributed by atoms with E-state index in [-0.39, 0.29) is 67.6 Å². The zero-order valence-electron chi connectivity index (χ0n) is 16.2. The van der Waals surface area contributed by atoms with E-state index in [2.05, 4.69) is 0 Å². The molecule has 4 rings (SSSR count). The van der Waals surface area contributed by atoms with Crippen molar-refractivity contribution in [3.8, 4) is 11.5 Å². The first-order valence-corrected chi connectivity index (χ1v) is 10.8. The second-order valence-corrected chi connectivity index (χ2v) is 8.61. The average Bonchev–Trinajstić information content (AvgIpc) is 2.78. The van der Waals surface area contributed by atoms with Crippen LogP contribution in [-0.2, 0) is 0 Å². The van der Waals surface area contributed by atoms with Crippen LogP contribution in [0.15, 0.2) is 48.5 Å². The predicted molar refractivity (Wildman–Crippen MR) is 126 cm³/mol. The number of hydrogen-bond acceptors (Lipinski definition) is 4. The quantitative estimate of drug-likeness (QED) is 0.441. The summed E-state index contributed by atoms with van der Waals surface area (Å²) in [6.07, 6.45) is 0. The molecule has 2 amide bonds. The summed E-state index contributed by atoms with van der Waals surface area (Å²) in [7, 11) is 0. The summed E-state index contributed by atoms with van der Waals surface area (Å²) in [6, 6.07) is 12.3. The van der Waals surface area contributed by atoms with Crippen LogP contribution in [0.2, 0.25) is 20.1 Å². The van der Waals surface area contributed by atoms with Crippen LogP contribution in [0.3, 0.4) is 0 Å². The molecule has 32 heavy (non-hydrogen) atoms.